The molecule has 1 aliphatic heterocycles. The average molecular weight is 422 g/mol. The fourth-order valence-electron chi connectivity index (χ4n) is 3.62. The molecule has 30 heavy (non-hydrogen) atoms. The van der Waals surface area contributed by atoms with E-state index in [-0.39, 0.29) is 49.7 Å². The van der Waals surface area contributed by atoms with Crippen LogP contribution in [0.25, 0.3) is 0 Å². The molecule has 0 bridgehead atoms. The number of halogens is 2. The van der Waals surface area contributed by atoms with E-state index < -0.39 is 34.4 Å². The average Bonchev–Trinajstić information content (AvgIpc) is 3.09. The van der Waals surface area contributed by atoms with E-state index in [0.29, 0.717) is 0 Å². The first-order valence-corrected chi connectivity index (χ1v) is 9.47. The van der Waals surface area contributed by atoms with Gasteiger partial charge in [0.05, 0.1) is 20.3 Å². The predicted molar refractivity (Wildman–Crippen MR) is 106 cm³/mol. The molecule has 162 valence electrons. The van der Waals surface area contributed by atoms with Crippen LogP contribution in [-0.2, 0) is 11.3 Å². The van der Waals surface area contributed by atoms with Crippen molar-refractivity contribution in [1.82, 2.24) is 4.57 Å². The number of anilines is 1. The number of ether oxygens (including phenoxy) is 1. The van der Waals surface area contributed by atoms with Gasteiger partial charge in [-0.15, -0.1) is 0 Å². The molecule has 1 amide bonds. The van der Waals surface area contributed by atoms with Gasteiger partial charge in [0, 0.05) is 54.7 Å². The van der Waals surface area contributed by atoms with Crippen LogP contribution in [0.2, 0.25) is 0 Å². The topological polar surface area (TPSA) is 92.0 Å². The zero-order valence-corrected chi connectivity index (χ0v) is 16.8. The summed E-state index contributed by atoms with van der Waals surface area (Å²) in [4.78, 5) is 26.7. The highest BCUT2D eigenvalue weighted by Gasteiger charge is 2.36. The van der Waals surface area contributed by atoms with Crippen LogP contribution in [0.4, 0.5) is 14.5 Å². The monoisotopic (exact) mass is 422 g/mol. The lowest BCUT2D eigenvalue weighted by Gasteiger charge is -2.26. The molecule has 0 spiro atoms. The van der Waals surface area contributed by atoms with E-state index in [4.69, 9.17) is 4.74 Å². The number of pyridine rings is 1. The van der Waals surface area contributed by atoms with Gasteiger partial charge in [-0.1, -0.05) is 6.92 Å². The van der Waals surface area contributed by atoms with Crippen LogP contribution in [0.1, 0.15) is 24.8 Å². The zero-order valence-electron chi connectivity index (χ0n) is 16.8. The van der Waals surface area contributed by atoms with Gasteiger partial charge in [-0.05, 0) is 12.1 Å². The second-order valence-electron chi connectivity index (χ2n) is 7.86. The quantitative estimate of drug-likeness (QED) is 0.708. The van der Waals surface area contributed by atoms with E-state index in [1.165, 1.54) is 28.8 Å². The van der Waals surface area contributed by atoms with E-state index in [1.54, 1.807) is 13.0 Å². The van der Waals surface area contributed by atoms with Gasteiger partial charge in [-0.3, -0.25) is 9.59 Å². The van der Waals surface area contributed by atoms with Crippen LogP contribution < -0.4 is 15.2 Å². The molecule has 9 heteroatoms. The number of aromatic nitrogens is 1. The molecule has 2 N–H and O–H groups in total. The van der Waals surface area contributed by atoms with E-state index in [0.717, 1.165) is 12.1 Å². The van der Waals surface area contributed by atoms with Gasteiger partial charge in [0.1, 0.15) is 23.1 Å². The minimum absolute atomic E-state index is 0.0386. The Bertz CT molecular complexity index is 980. The van der Waals surface area contributed by atoms with Gasteiger partial charge in [0.2, 0.25) is 5.91 Å². The second-order valence-corrected chi connectivity index (χ2v) is 7.86. The summed E-state index contributed by atoms with van der Waals surface area (Å²) in [5.74, 6) is -2.75. The van der Waals surface area contributed by atoms with Crippen molar-refractivity contribution in [3.63, 3.8) is 0 Å². The van der Waals surface area contributed by atoms with Gasteiger partial charge in [0.15, 0.2) is 0 Å². The number of methoxy groups -OCH3 is 1. The van der Waals surface area contributed by atoms with Crippen molar-refractivity contribution in [2.75, 3.05) is 31.8 Å². The molecule has 1 aliphatic rings. The smallest absolute Gasteiger partial charge is 0.274 e. The number of nitrogens with zero attached hydrogens (tertiary/aromatic N) is 2. The maximum atomic E-state index is 14.5. The third-order valence-corrected chi connectivity index (χ3v) is 5.43. The van der Waals surface area contributed by atoms with E-state index >= 15 is 0 Å². The lowest BCUT2D eigenvalue weighted by Crippen LogP contribution is -2.38. The van der Waals surface area contributed by atoms with Crippen molar-refractivity contribution in [2.45, 2.75) is 25.8 Å². The molecule has 0 unspecified atom stereocenters. The minimum atomic E-state index is -0.921. The standard InChI is InChI=1S/C21H24F2N2O5/c1-21(11-26,12-27)10-24-5-3-4-17(20(24)29)25-9-13(6-18(25)28)19-15(22)7-14(30-2)8-16(19)23/h3-5,7-8,13,26-27H,6,9-12H2,1-2H3/t13-/m0/s1. The number of carbonyl (C=O) groups excluding carboxylic acids is 1. The SMILES string of the molecule is COc1cc(F)c([C@H]2CC(=O)N(c3cccn(CC(C)(CO)CO)c3=O)C2)c(F)c1. The molecule has 0 aliphatic carbocycles. The number of benzene rings is 1. The molecule has 1 saturated heterocycles. The largest absolute Gasteiger partial charge is 0.497 e. The maximum Gasteiger partial charge on any atom is 0.274 e. The Morgan fingerprint density at radius 3 is 2.40 bits per heavy atom. The molecule has 3 rings (SSSR count). The lowest BCUT2D eigenvalue weighted by atomic mass is 9.93. The summed E-state index contributed by atoms with van der Waals surface area (Å²) < 4.78 is 35.1. The van der Waals surface area contributed by atoms with Crippen molar-refractivity contribution in [2.24, 2.45) is 5.41 Å². The van der Waals surface area contributed by atoms with Crippen LogP contribution in [0.3, 0.4) is 0 Å². The molecule has 0 saturated carbocycles. The van der Waals surface area contributed by atoms with Crippen LogP contribution in [0.15, 0.2) is 35.3 Å². The number of aliphatic hydroxyl groups excluding tert-OH is 2. The number of rotatable bonds is 7. The molecule has 2 aromatic rings. The number of aliphatic hydroxyl groups is 2. The number of amides is 1. The molecule has 1 atom stereocenters. The van der Waals surface area contributed by atoms with Crippen molar-refractivity contribution in [3.8, 4) is 5.75 Å². The molecule has 2 heterocycles. The Kier molecular flexibility index (Phi) is 6.23. The third-order valence-electron chi connectivity index (χ3n) is 5.43. The first-order chi connectivity index (χ1) is 14.2. The van der Waals surface area contributed by atoms with Crippen LogP contribution in [-0.4, -0.2) is 47.6 Å². The summed E-state index contributed by atoms with van der Waals surface area (Å²) in [6.45, 7) is 0.954. The minimum Gasteiger partial charge on any atom is -0.497 e. The van der Waals surface area contributed by atoms with Gasteiger partial charge < -0.3 is 24.4 Å². The number of hydrogen-bond acceptors (Lipinski definition) is 5. The molecule has 7 nitrogen and oxygen atoms in total. The Labute approximate surface area is 172 Å². The maximum absolute atomic E-state index is 14.5. The van der Waals surface area contributed by atoms with Crippen LogP contribution >= 0.6 is 0 Å². The highest BCUT2D eigenvalue weighted by Crippen LogP contribution is 2.35. The fraction of sp³-hybridized carbons (Fsp3) is 0.429. The third kappa shape index (κ3) is 4.08. The van der Waals surface area contributed by atoms with Crippen molar-refractivity contribution < 1.29 is 28.5 Å². The van der Waals surface area contributed by atoms with E-state index in [9.17, 15) is 28.6 Å². The van der Waals surface area contributed by atoms with Crippen LogP contribution in [0.5, 0.6) is 5.75 Å². The second kappa shape index (κ2) is 8.53. The molecule has 1 aromatic heterocycles. The predicted octanol–water partition coefficient (Wildman–Crippen LogP) is 1.65. The van der Waals surface area contributed by atoms with Crippen LogP contribution in [0, 0.1) is 17.0 Å². The molecule has 1 aromatic carbocycles. The lowest BCUT2D eigenvalue weighted by molar-refractivity contribution is -0.117. The van der Waals surface area contributed by atoms with Gasteiger partial charge >= 0.3 is 0 Å². The highest BCUT2D eigenvalue weighted by atomic mass is 19.1. The zero-order chi connectivity index (χ0) is 22.1. The normalized spacial score (nSPS) is 16.9. The molecular weight excluding hydrogens is 398 g/mol. The van der Waals surface area contributed by atoms with Crippen molar-refractivity contribution >= 4 is 11.6 Å². The molecule has 0 radical (unpaired) electrons. The Balaban J connectivity index is 1.91. The van der Waals surface area contributed by atoms with E-state index in [2.05, 4.69) is 0 Å². The van der Waals surface area contributed by atoms with Gasteiger partial charge in [-0.25, -0.2) is 8.78 Å². The Hall–Kier alpha value is -2.78. The van der Waals surface area contributed by atoms with Gasteiger partial charge in [0.25, 0.3) is 5.56 Å². The summed E-state index contributed by atoms with van der Waals surface area (Å²) in [6.07, 6.45) is 1.36. The summed E-state index contributed by atoms with van der Waals surface area (Å²) in [7, 11) is 1.30. The van der Waals surface area contributed by atoms with Crippen molar-refractivity contribution in [3.05, 3.63) is 58.0 Å². The number of carbonyl (C=O) groups is 1. The summed E-state index contributed by atoms with van der Waals surface area (Å²) in [5, 5.41) is 19.0. The van der Waals surface area contributed by atoms with E-state index in [1.807, 2.05) is 0 Å². The molecule has 1 fully saturated rings. The summed E-state index contributed by atoms with van der Waals surface area (Å²) in [6, 6.07) is 5.16. The van der Waals surface area contributed by atoms with Crippen molar-refractivity contribution in [1.29, 1.82) is 0 Å². The highest BCUT2D eigenvalue weighted by molar-refractivity contribution is 5.96. The molecular formula is C21H24F2N2O5. The fourth-order valence-corrected chi connectivity index (χ4v) is 3.62. The summed E-state index contributed by atoms with van der Waals surface area (Å²) >= 11 is 0. The summed E-state index contributed by atoms with van der Waals surface area (Å²) in [5.41, 5.74) is -1.54. The Morgan fingerprint density at radius 1 is 1.20 bits per heavy atom. The first-order valence-electron chi connectivity index (χ1n) is 9.47. The Morgan fingerprint density at radius 2 is 1.83 bits per heavy atom. The van der Waals surface area contributed by atoms with Gasteiger partial charge in [-0.2, -0.15) is 0 Å². The first kappa shape index (κ1) is 21.9. The number of hydrogen-bond donors (Lipinski definition) is 2.